The van der Waals surface area contributed by atoms with E-state index in [1.165, 1.54) is 5.69 Å². The van der Waals surface area contributed by atoms with Gasteiger partial charge < -0.3 is 5.32 Å². The number of hydrogen-bond acceptors (Lipinski definition) is 4. The molecule has 0 atom stereocenters. The van der Waals surface area contributed by atoms with Gasteiger partial charge in [-0.1, -0.05) is 0 Å². The van der Waals surface area contributed by atoms with Crippen LogP contribution < -0.4 is 5.32 Å². The Hall–Kier alpha value is -1.91. The summed E-state index contributed by atoms with van der Waals surface area (Å²) in [6.45, 7) is 5.91. The van der Waals surface area contributed by atoms with Crippen LogP contribution in [0.2, 0.25) is 0 Å². The van der Waals surface area contributed by atoms with Crippen LogP contribution in [0, 0.1) is 13.8 Å². The van der Waals surface area contributed by atoms with Crippen molar-refractivity contribution >= 4 is 5.82 Å². The van der Waals surface area contributed by atoms with Crippen molar-refractivity contribution in [1.29, 1.82) is 0 Å². The number of nitrogens with one attached hydrogen (secondary N) is 1. The number of rotatable bonds is 5. The van der Waals surface area contributed by atoms with Gasteiger partial charge in [0.25, 0.3) is 0 Å². The highest BCUT2D eigenvalue weighted by Gasteiger charge is 1.99. The fourth-order valence-electron chi connectivity index (χ4n) is 1.74. The van der Waals surface area contributed by atoms with E-state index in [-0.39, 0.29) is 0 Å². The minimum Gasteiger partial charge on any atom is -0.370 e. The molecule has 17 heavy (non-hydrogen) atoms. The first-order valence-corrected chi connectivity index (χ1v) is 5.76. The van der Waals surface area contributed by atoms with E-state index in [0.29, 0.717) is 0 Å². The van der Waals surface area contributed by atoms with Gasteiger partial charge in [0.15, 0.2) is 0 Å². The van der Waals surface area contributed by atoms with E-state index in [1.54, 1.807) is 12.5 Å². The SMILES string of the molecule is Cc1cc(C)n(CCCNc2ccncn2)n1. The van der Waals surface area contributed by atoms with Gasteiger partial charge in [0.05, 0.1) is 5.69 Å². The second-order valence-electron chi connectivity index (χ2n) is 4.03. The van der Waals surface area contributed by atoms with Crippen LogP contribution in [0.3, 0.4) is 0 Å². The fraction of sp³-hybridized carbons (Fsp3) is 0.417. The summed E-state index contributed by atoms with van der Waals surface area (Å²) < 4.78 is 2.04. The van der Waals surface area contributed by atoms with Gasteiger partial charge in [-0.25, -0.2) is 9.97 Å². The molecule has 2 aromatic heterocycles. The maximum absolute atomic E-state index is 4.42. The Kier molecular flexibility index (Phi) is 3.69. The third kappa shape index (κ3) is 3.27. The van der Waals surface area contributed by atoms with Crippen LogP contribution in [0.4, 0.5) is 5.82 Å². The molecule has 0 saturated carbocycles. The normalized spacial score (nSPS) is 10.5. The highest BCUT2D eigenvalue weighted by atomic mass is 15.3. The quantitative estimate of drug-likeness (QED) is 0.797. The molecule has 90 valence electrons. The number of aromatic nitrogens is 4. The number of nitrogens with zero attached hydrogens (tertiary/aromatic N) is 4. The third-order valence-corrected chi connectivity index (χ3v) is 2.54. The average molecular weight is 231 g/mol. The zero-order chi connectivity index (χ0) is 12.1. The Morgan fingerprint density at radius 1 is 1.35 bits per heavy atom. The number of anilines is 1. The predicted octanol–water partition coefficient (Wildman–Crippen LogP) is 1.79. The molecule has 0 saturated heterocycles. The van der Waals surface area contributed by atoms with Crippen LogP contribution in [-0.4, -0.2) is 26.3 Å². The van der Waals surface area contributed by atoms with Gasteiger partial charge in [0, 0.05) is 25.0 Å². The van der Waals surface area contributed by atoms with E-state index in [2.05, 4.69) is 33.4 Å². The molecule has 0 radical (unpaired) electrons. The smallest absolute Gasteiger partial charge is 0.129 e. The van der Waals surface area contributed by atoms with Crippen molar-refractivity contribution in [3.63, 3.8) is 0 Å². The molecule has 0 fully saturated rings. The lowest BCUT2D eigenvalue weighted by Crippen LogP contribution is -2.09. The molecule has 0 aliphatic carbocycles. The Morgan fingerprint density at radius 2 is 2.24 bits per heavy atom. The fourth-order valence-corrected chi connectivity index (χ4v) is 1.74. The zero-order valence-electron chi connectivity index (χ0n) is 10.2. The summed E-state index contributed by atoms with van der Waals surface area (Å²) in [4.78, 5) is 7.97. The minimum atomic E-state index is 0.869. The molecule has 0 aromatic carbocycles. The minimum absolute atomic E-state index is 0.869. The lowest BCUT2D eigenvalue weighted by Gasteiger charge is -2.06. The molecule has 0 unspecified atom stereocenters. The molecule has 0 aliphatic rings. The van der Waals surface area contributed by atoms with Crippen molar-refractivity contribution in [3.8, 4) is 0 Å². The van der Waals surface area contributed by atoms with Gasteiger partial charge in [-0.05, 0) is 32.4 Å². The van der Waals surface area contributed by atoms with Crippen molar-refractivity contribution in [1.82, 2.24) is 19.7 Å². The largest absolute Gasteiger partial charge is 0.370 e. The Bertz CT molecular complexity index is 463. The van der Waals surface area contributed by atoms with Gasteiger partial charge in [-0.2, -0.15) is 5.10 Å². The maximum atomic E-state index is 4.42. The molecule has 0 spiro atoms. The summed E-state index contributed by atoms with van der Waals surface area (Å²) >= 11 is 0. The van der Waals surface area contributed by atoms with Crippen molar-refractivity contribution in [3.05, 3.63) is 36.0 Å². The van der Waals surface area contributed by atoms with Crippen LogP contribution in [0.25, 0.3) is 0 Å². The van der Waals surface area contributed by atoms with Crippen molar-refractivity contribution in [2.24, 2.45) is 0 Å². The molecule has 1 N–H and O–H groups in total. The second-order valence-corrected chi connectivity index (χ2v) is 4.03. The van der Waals surface area contributed by atoms with Gasteiger partial charge in [-0.3, -0.25) is 4.68 Å². The van der Waals surface area contributed by atoms with Crippen molar-refractivity contribution < 1.29 is 0 Å². The summed E-state index contributed by atoms with van der Waals surface area (Å²) in [6.07, 6.45) is 4.30. The van der Waals surface area contributed by atoms with E-state index >= 15 is 0 Å². The Morgan fingerprint density at radius 3 is 2.88 bits per heavy atom. The number of hydrogen-bond donors (Lipinski definition) is 1. The highest BCUT2D eigenvalue weighted by molar-refractivity contribution is 5.31. The average Bonchev–Trinajstić information content (AvgIpc) is 2.65. The predicted molar refractivity (Wildman–Crippen MR) is 66.8 cm³/mol. The summed E-state index contributed by atoms with van der Waals surface area (Å²) in [5, 5.41) is 7.67. The molecule has 2 heterocycles. The van der Waals surface area contributed by atoms with Crippen LogP contribution in [0.5, 0.6) is 0 Å². The lowest BCUT2D eigenvalue weighted by atomic mass is 10.4. The van der Waals surface area contributed by atoms with Gasteiger partial charge in [-0.15, -0.1) is 0 Å². The van der Waals surface area contributed by atoms with Crippen molar-refractivity contribution in [2.45, 2.75) is 26.8 Å². The topological polar surface area (TPSA) is 55.6 Å². The summed E-state index contributed by atoms with van der Waals surface area (Å²) in [5.41, 5.74) is 2.29. The van der Waals surface area contributed by atoms with E-state index < -0.39 is 0 Å². The monoisotopic (exact) mass is 231 g/mol. The molecular formula is C12H17N5. The number of aryl methyl sites for hydroxylation is 3. The van der Waals surface area contributed by atoms with E-state index in [9.17, 15) is 0 Å². The molecule has 0 amide bonds. The van der Waals surface area contributed by atoms with E-state index in [1.807, 2.05) is 17.7 Å². The van der Waals surface area contributed by atoms with Gasteiger partial charge >= 0.3 is 0 Å². The second kappa shape index (κ2) is 5.43. The van der Waals surface area contributed by atoms with Crippen LogP contribution >= 0.6 is 0 Å². The van der Waals surface area contributed by atoms with Gasteiger partial charge in [0.2, 0.25) is 0 Å². The Labute approximate surface area is 101 Å². The molecular weight excluding hydrogens is 214 g/mol. The highest BCUT2D eigenvalue weighted by Crippen LogP contribution is 2.03. The first-order valence-electron chi connectivity index (χ1n) is 5.76. The van der Waals surface area contributed by atoms with Crippen LogP contribution in [0.15, 0.2) is 24.7 Å². The molecule has 0 bridgehead atoms. The summed E-state index contributed by atoms with van der Waals surface area (Å²) in [5.74, 6) is 0.869. The van der Waals surface area contributed by atoms with Gasteiger partial charge in [0.1, 0.15) is 12.1 Å². The van der Waals surface area contributed by atoms with Crippen LogP contribution in [-0.2, 0) is 6.54 Å². The van der Waals surface area contributed by atoms with E-state index in [0.717, 1.165) is 31.0 Å². The summed E-state index contributed by atoms with van der Waals surface area (Å²) in [7, 11) is 0. The van der Waals surface area contributed by atoms with Crippen LogP contribution in [0.1, 0.15) is 17.8 Å². The zero-order valence-corrected chi connectivity index (χ0v) is 10.2. The Balaban J connectivity index is 1.75. The third-order valence-electron chi connectivity index (χ3n) is 2.54. The molecule has 2 rings (SSSR count). The van der Waals surface area contributed by atoms with Crippen molar-refractivity contribution in [2.75, 3.05) is 11.9 Å². The first-order chi connectivity index (χ1) is 8.25. The molecule has 5 heteroatoms. The first kappa shape index (κ1) is 11.6. The maximum Gasteiger partial charge on any atom is 0.129 e. The molecule has 2 aromatic rings. The molecule has 5 nitrogen and oxygen atoms in total. The lowest BCUT2D eigenvalue weighted by molar-refractivity contribution is 0.573. The standard InChI is InChI=1S/C12H17N5/c1-10-8-11(2)17(16-10)7-3-5-14-12-4-6-13-9-15-12/h4,6,8-9H,3,5,7H2,1-2H3,(H,13,14,15). The molecule has 0 aliphatic heterocycles. The summed E-state index contributed by atoms with van der Waals surface area (Å²) in [6, 6.07) is 3.96. The van der Waals surface area contributed by atoms with E-state index in [4.69, 9.17) is 0 Å².